The van der Waals surface area contributed by atoms with Crippen LogP contribution in [0.1, 0.15) is 30.3 Å². The number of fused-ring (bicyclic) bond motifs is 1. The molecular formula is C16H19ClN6O2S2. The second-order valence-electron chi connectivity index (χ2n) is 5.36. The summed E-state index contributed by atoms with van der Waals surface area (Å²) in [5.41, 5.74) is 11.6. The van der Waals surface area contributed by atoms with Crippen LogP contribution in [0, 0.1) is 0 Å². The molecule has 144 valence electrons. The molecule has 0 spiro atoms. The number of carbonyl (C=O) groups is 1. The van der Waals surface area contributed by atoms with Crippen LogP contribution in [-0.2, 0) is 0 Å². The Hall–Kier alpha value is -2.43. The summed E-state index contributed by atoms with van der Waals surface area (Å²) in [5, 5.41) is 5.15. The van der Waals surface area contributed by atoms with Gasteiger partial charge in [-0.1, -0.05) is 24.7 Å². The van der Waals surface area contributed by atoms with Gasteiger partial charge in [-0.05, 0) is 18.6 Å². The van der Waals surface area contributed by atoms with E-state index in [4.69, 9.17) is 16.2 Å². The van der Waals surface area contributed by atoms with Gasteiger partial charge in [-0.2, -0.15) is 4.99 Å². The van der Waals surface area contributed by atoms with Crippen molar-refractivity contribution in [1.29, 1.82) is 0 Å². The van der Waals surface area contributed by atoms with Gasteiger partial charge in [0.2, 0.25) is 5.13 Å². The molecule has 2 heterocycles. The molecular weight excluding hydrogens is 408 g/mol. The zero-order valence-electron chi connectivity index (χ0n) is 14.5. The zero-order valence-corrected chi connectivity index (χ0v) is 16.9. The van der Waals surface area contributed by atoms with Crippen molar-refractivity contribution in [3.8, 4) is 5.75 Å². The Kier molecular flexibility index (Phi) is 7.34. The number of halogens is 1. The molecule has 1 aromatic carbocycles. The number of rotatable bonds is 7. The van der Waals surface area contributed by atoms with Gasteiger partial charge in [-0.15, -0.1) is 23.7 Å². The highest BCUT2D eigenvalue weighted by atomic mass is 35.5. The van der Waals surface area contributed by atoms with Crippen LogP contribution in [0.2, 0.25) is 0 Å². The van der Waals surface area contributed by atoms with E-state index in [0.717, 1.165) is 28.8 Å². The van der Waals surface area contributed by atoms with Crippen LogP contribution in [0.3, 0.4) is 0 Å². The lowest BCUT2D eigenvalue weighted by Gasteiger charge is -2.04. The highest BCUT2D eigenvalue weighted by molar-refractivity contribution is 7.22. The number of carbonyl (C=O) groups excluding carboxylic acids is 1. The number of nitrogens with one attached hydrogen (secondary N) is 1. The lowest BCUT2D eigenvalue weighted by atomic mass is 10.3. The second kappa shape index (κ2) is 9.49. The number of aliphatic imine (C=N–C) groups is 1. The van der Waals surface area contributed by atoms with Gasteiger partial charge in [-0.3, -0.25) is 10.1 Å². The Bertz CT molecular complexity index is 951. The quantitative estimate of drug-likeness (QED) is 0.301. The molecule has 27 heavy (non-hydrogen) atoms. The summed E-state index contributed by atoms with van der Waals surface area (Å²) in [6, 6.07) is 5.71. The van der Waals surface area contributed by atoms with Crippen LogP contribution in [0.15, 0.2) is 28.6 Å². The van der Waals surface area contributed by atoms with Crippen molar-refractivity contribution >= 4 is 67.4 Å². The van der Waals surface area contributed by atoms with Gasteiger partial charge in [-0.25, -0.2) is 9.97 Å². The number of unbranched alkanes of at least 4 members (excludes halogenated alkanes) is 1. The highest BCUT2D eigenvalue weighted by Gasteiger charge is 2.14. The Morgan fingerprint density at radius 1 is 1.33 bits per heavy atom. The number of nitrogens with two attached hydrogens (primary N) is 2. The van der Waals surface area contributed by atoms with Crippen molar-refractivity contribution < 1.29 is 9.53 Å². The molecule has 0 aliphatic heterocycles. The Morgan fingerprint density at radius 2 is 2.15 bits per heavy atom. The minimum absolute atomic E-state index is 0. The van der Waals surface area contributed by atoms with Crippen molar-refractivity contribution in [1.82, 2.24) is 9.97 Å². The van der Waals surface area contributed by atoms with Crippen molar-refractivity contribution in [2.45, 2.75) is 19.8 Å². The van der Waals surface area contributed by atoms with Crippen molar-refractivity contribution in [2.24, 2.45) is 16.5 Å². The average molecular weight is 427 g/mol. The van der Waals surface area contributed by atoms with Gasteiger partial charge in [0.05, 0.1) is 16.8 Å². The number of hydrogen-bond donors (Lipinski definition) is 3. The van der Waals surface area contributed by atoms with E-state index >= 15 is 0 Å². The van der Waals surface area contributed by atoms with Crippen LogP contribution in [0.25, 0.3) is 10.2 Å². The van der Waals surface area contributed by atoms with Gasteiger partial charge in [0.1, 0.15) is 11.4 Å². The summed E-state index contributed by atoms with van der Waals surface area (Å²) in [4.78, 5) is 24.6. The van der Waals surface area contributed by atoms with Gasteiger partial charge < -0.3 is 16.2 Å². The molecule has 0 aliphatic carbocycles. The molecule has 0 saturated heterocycles. The first-order chi connectivity index (χ1) is 12.5. The number of ether oxygens (including phenoxy) is 1. The number of aromatic nitrogens is 2. The molecule has 0 radical (unpaired) electrons. The van der Waals surface area contributed by atoms with Crippen LogP contribution >= 0.6 is 35.1 Å². The highest BCUT2D eigenvalue weighted by Crippen LogP contribution is 2.29. The number of hydrogen-bond acceptors (Lipinski definition) is 7. The van der Waals surface area contributed by atoms with Crippen LogP contribution in [0.5, 0.6) is 5.75 Å². The molecule has 0 fully saturated rings. The molecule has 0 saturated carbocycles. The predicted octanol–water partition coefficient (Wildman–Crippen LogP) is 3.51. The minimum atomic E-state index is -0.364. The van der Waals surface area contributed by atoms with E-state index in [-0.39, 0.29) is 30.0 Å². The molecule has 8 nitrogen and oxygen atoms in total. The van der Waals surface area contributed by atoms with Crippen LogP contribution < -0.4 is 21.5 Å². The molecule has 0 atom stereocenters. The Labute approximate surface area is 170 Å². The number of nitrogens with zero attached hydrogens (tertiary/aromatic N) is 3. The third kappa shape index (κ3) is 5.52. The summed E-state index contributed by atoms with van der Waals surface area (Å²) < 4.78 is 6.65. The molecule has 2 aromatic heterocycles. The topological polar surface area (TPSA) is 129 Å². The van der Waals surface area contributed by atoms with Gasteiger partial charge >= 0.3 is 0 Å². The number of anilines is 1. The fourth-order valence-electron chi connectivity index (χ4n) is 2.08. The molecule has 0 bridgehead atoms. The smallest absolute Gasteiger partial charge is 0.276 e. The lowest BCUT2D eigenvalue weighted by Crippen LogP contribution is -2.21. The van der Waals surface area contributed by atoms with Gasteiger partial charge in [0.15, 0.2) is 11.1 Å². The van der Waals surface area contributed by atoms with Crippen LogP contribution in [-0.4, -0.2) is 28.4 Å². The standard InChI is InChI=1S/C16H18N6O2S2.ClH/c1-2-3-6-24-9-4-5-12-10(7-9)19-16(26-12)21-13(23)11-8-25-15(20-11)22-14(17)18;/h4-5,7-8H,2-3,6H2,1H3,(H,19,21,23)(H4,17,18,20,22);1H. The predicted molar refractivity (Wildman–Crippen MR) is 113 cm³/mol. The lowest BCUT2D eigenvalue weighted by molar-refractivity contribution is 0.102. The van der Waals surface area contributed by atoms with E-state index < -0.39 is 0 Å². The summed E-state index contributed by atoms with van der Waals surface area (Å²) in [5.74, 6) is 0.307. The Morgan fingerprint density at radius 3 is 2.89 bits per heavy atom. The monoisotopic (exact) mass is 426 g/mol. The Balaban J connectivity index is 0.00000261. The number of benzene rings is 1. The summed E-state index contributed by atoms with van der Waals surface area (Å²) in [6.45, 7) is 2.79. The fraction of sp³-hybridized carbons (Fsp3) is 0.250. The molecule has 0 aliphatic rings. The first kappa shape index (κ1) is 20.9. The minimum Gasteiger partial charge on any atom is -0.494 e. The van der Waals surface area contributed by atoms with Gasteiger partial charge in [0.25, 0.3) is 5.91 Å². The first-order valence-electron chi connectivity index (χ1n) is 7.95. The van der Waals surface area contributed by atoms with Gasteiger partial charge in [0, 0.05) is 11.4 Å². The van der Waals surface area contributed by atoms with Crippen molar-refractivity contribution in [3.05, 3.63) is 29.3 Å². The zero-order chi connectivity index (χ0) is 18.5. The first-order valence-corrected chi connectivity index (χ1v) is 9.64. The van der Waals surface area contributed by atoms with Crippen LogP contribution in [0.4, 0.5) is 10.3 Å². The molecule has 0 unspecified atom stereocenters. The van der Waals surface area contributed by atoms with E-state index in [1.165, 1.54) is 22.7 Å². The summed E-state index contributed by atoms with van der Waals surface area (Å²) in [7, 11) is 0. The fourth-order valence-corrected chi connectivity index (χ4v) is 3.60. The molecule has 11 heteroatoms. The number of guanidine groups is 1. The number of thiazole rings is 2. The molecule has 3 aromatic rings. The number of amides is 1. The van der Waals surface area contributed by atoms with Crippen molar-refractivity contribution in [3.63, 3.8) is 0 Å². The van der Waals surface area contributed by atoms with E-state index in [2.05, 4.69) is 27.2 Å². The van der Waals surface area contributed by atoms with E-state index in [0.29, 0.717) is 16.9 Å². The molecule has 1 amide bonds. The maximum atomic E-state index is 12.3. The van der Waals surface area contributed by atoms with Crippen molar-refractivity contribution in [2.75, 3.05) is 11.9 Å². The maximum Gasteiger partial charge on any atom is 0.276 e. The second-order valence-corrected chi connectivity index (χ2v) is 7.22. The van der Waals surface area contributed by atoms with E-state index in [1.54, 1.807) is 5.38 Å². The van der Waals surface area contributed by atoms with E-state index in [9.17, 15) is 4.79 Å². The third-order valence-corrected chi connectivity index (χ3v) is 4.98. The summed E-state index contributed by atoms with van der Waals surface area (Å²) >= 11 is 2.56. The van der Waals surface area contributed by atoms with E-state index in [1.807, 2.05) is 18.2 Å². The third-order valence-electron chi connectivity index (χ3n) is 3.30. The average Bonchev–Trinajstić information content (AvgIpc) is 3.20. The normalized spacial score (nSPS) is 10.3. The molecule has 3 rings (SSSR count). The summed E-state index contributed by atoms with van der Waals surface area (Å²) in [6.07, 6.45) is 2.09. The largest absolute Gasteiger partial charge is 0.494 e. The maximum absolute atomic E-state index is 12.3. The SMILES string of the molecule is CCCCOc1ccc2sc(NC(=O)c3csc(N=C(N)N)n3)nc2c1.Cl. The molecule has 5 N–H and O–H groups in total.